The van der Waals surface area contributed by atoms with E-state index >= 15 is 0 Å². The summed E-state index contributed by atoms with van der Waals surface area (Å²) in [6.07, 6.45) is 0. The Balaban J connectivity index is -0.0000000267. The first-order chi connectivity index (χ1) is 4.00. The SMILES string of the molecule is O=S(=O)(O)O.O=[Se](=O)(O)O.[Ba+2].[H-].[H-]. The molecule has 0 aliphatic rings. The molecule has 68 valence electrons. The molecule has 0 aromatic heterocycles. The third kappa shape index (κ3) is 471. The summed E-state index contributed by atoms with van der Waals surface area (Å²) in [6, 6.07) is 0. The van der Waals surface area contributed by atoms with E-state index < -0.39 is 23.8 Å². The molecular formula is H6BaO8SSe. The summed E-state index contributed by atoms with van der Waals surface area (Å²) in [5.41, 5.74) is 0. The van der Waals surface area contributed by atoms with Gasteiger partial charge < -0.3 is 2.85 Å². The Kier molecular flexibility index (Phi) is 11.5. The Hall–Kier alpha value is 1.48. The molecule has 0 atom stereocenters. The van der Waals surface area contributed by atoms with Crippen LogP contribution in [0.25, 0.3) is 0 Å². The van der Waals surface area contributed by atoms with Gasteiger partial charge in [-0.2, -0.15) is 8.42 Å². The molecule has 0 aromatic carbocycles. The van der Waals surface area contributed by atoms with Crippen LogP contribution in [0.15, 0.2) is 0 Å². The summed E-state index contributed by atoms with van der Waals surface area (Å²) in [7, 11) is -4.67. The first-order valence-electron chi connectivity index (χ1n) is 1.40. The van der Waals surface area contributed by atoms with Gasteiger partial charge in [-0.25, -0.2) is 0 Å². The third-order valence-corrected chi connectivity index (χ3v) is 0. The molecule has 11 heteroatoms. The first-order valence-corrected chi connectivity index (χ1v) is 5.72. The van der Waals surface area contributed by atoms with E-state index in [4.69, 9.17) is 33.6 Å². The molecule has 4 N–H and O–H groups in total. The van der Waals surface area contributed by atoms with E-state index in [1.807, 2.05) is 0 Å². The van der Waals surface area contributed by atoms with Gasteiger partial charge in [-0.1, -0.05) is 0 Å². The van der Waals surface area contributed by atoms with E-state index in [9.17, 15) is 0 Å². The average molecular weight is 382 g/mol. The van der Waals surface area contributed by atoms with Gasteiger partial charge in [-0.3, -0.25) is 9.11 Å². The van der Waals surface area contributed by atoms with Crippen LogP contribution in [0.2, 0.25) is 0 Å². The smallest absolute Gasteiger partial charge is 1.00 e. The Morgan fingerprint density at radius 2 is 1.09 bits per heavy atom. The molecule has 0 bridgehead atoms. The molecule has 8 nitrogen and oxygen atoms in total. The standard InChI is InChI=1S/Ba.H2O4S.H2O4Se.2H/c;2*1-5(2,3)4;;/h;2*(H2,1,2,3,4);;/q+2;;;2*-1. The Labute approximate surface area is 108 Å². The summed E-state index contributed by atoms with van der Waals surface area (Å²) >= 11 is -5.25. The largest absolute Gasteiger partial charge is 2.00 e. The fourth-order valence-corrected chi connectivity index (χ4v) is 0. The molecule has 0 aliphatic carbocycles. The number of hydrogen-bond acceptors (Lipinski definition) is 4. The van der Waals surface area contributed by atoms with E-state index in [1.54, 1.807) is 0 Å². The Morgan fingerprint density at radius 3 is 1.09 bits per heavy atom. The fraction of sp³-hybridized carbons (Fsp3) is 0. The predicted molar refractivity (Wildman–Crippen MR) is 33.7 cm³/mol. The van der Waals surface area contributed by atoms with Gasteiger partial charge in [-0.05, 0) is 0 Å². The van der Waals surface area contributed by atoms with Gasteiger partial charge in [0.05, 0.1) is 0 Å². The van der Waals surface area contributed by atoms with Crippen molar-refractivity contribution in [2.75, 3.05) is 0 Å². The molecule has 0 unspecified atom stereocenters. The molecule has 0 aliphatic heterocycles. The van der Waals surface area contributed by atoms with Crippen LogP contribution in [-0.4, -0.2) is 88.2 Å². The van der Waals surface area contributed by atoms with Crippen molar-refractivity contribution in [3.05, 3.63) is 0 Å². The van der Waals surface area contributed by atoms with Crippen LogP contribution in [0.3, 0.4) is 0 Å². The fourth-order valence-electron chi connectivity index (χ4n) is 0. The maximum Gasteiger partial charge on any atom is 2.00 e. The van der Waals surface area contributed by atoms with E-state index in [0.29, 0.717) is 0 Å². The van der Waals surface area contributed by atoms with Crippen molar-refractivity contribution in [2.45, 2.75) is 0 Å². The van der Waals surface area contributed by atoms with Crippen molar-refractivity contribution < 1.29 is 36.4 Å². The minimum absolute atomic E-state index is 0. The van der Waals surface area contributed by atoms with E-state index in [1.165, 1.54) is 0 Å². The molecule has 0 fully saturated rings. The maximum absolute atomic E-state index is 8.82. The Morgan fingerprint density at radius 1 is 1.09 bits per heavy atom. The third-order valence-electron chi connectivity index (χ3n) is 0. The van der Waals surface area contributed by atoms with Crippen LogP contribution >= 0.6 is 0 Å². The second-order valence-electron chi connectivity index (χ2n) is 0.896. The zero-order valence-electron chi connectivity index (χ0n) is 6.95. The minimum atomic E-state index is -5.25. The molecule has 0 rings (SSSR count). The quantitative estimate of drug-likeness (QED) is 0.264. The summed E-state index contributed by atoms with van der Waals surface area (Å²) in [4.78, 5) is 0. The zero-order valence-corrected chi connectivity index (χ0v) is 11.9. The van der Waals surface area contributed by atoms with Gasteiger partial charge in [-0.15, -0.1) is 0 Å². The van der Waals surface area contributed by atoms with Crippen molar-refractivity contribution >= 4 is 72.6 Å². The molecule has 0 radical (unpaired) electrons. The summed E-state index contributed by atoms with van der Waals surface area (Å²) in [5.74, 6) is 0. The van der Waals surface area contributed by atoms with Gasteiger partial charge in [0.2, 0.25) is 0 Å². The molecule has 0 spiro atoms. The van der Waals surface area contributed by atoms with Gasteiger partial charge in [0.15, 0.2) is 0 Å². The monoisotopic (exact) mass is 384 g/mol. The summed E-state index contributed by atoms with van der Waals surface area (Å²) < 4.78 is 63.5. The van der Waals surface area contributed by atoms with Crippen LogP contribution < -0.4 is 0 Å². The topological polar surface area (TPSA) is 149 Å². The molecule has 0 aromatic rings. The van der Waals surface area contributed by atoms with Crippen molar-refractivity contribution in [3.63, 3.8) is 0 Å². The molecule has 11 heavy (non-hydrogen) atoms. The van der Waals surface area contributed by atoms with E-state index in [-0.39, 0.29) is 51.7 Å². The van der Waals surface area contributed by atoms with Crippen molar-refractivity contribution in [3.8, 4) is 0 Å². The summed E-state index contributed by atoms with van der Waals surface area (Å²) in [5, 5.41) is 0. The van der Waals surface area contributed by atoms with Crippen molar-refractivity contribution in [1.29, 1.82) is 0 Å². The molecule has 0 saturated carbocycles. The second-order valence-corrected chi connectivity index (χ2v) is 3.67. The van der Waals surface area contributed by atoms with Crippen molar-refractivity contribution in [1.82, 2.24) is 0 Å². The predicted octanol–water partition coefficient (Wildman–Crippen LogP) is -2.54. The normalized spacial score (nSPS) is 10.5. The van der Waals surface area contributed by atoms with E-state index in [2.05, 4.69) is 0 Å². The van der Waals surface area contributed by atoms with Crippen LogP contribution in [0.4, 0.5) is 0 Å². The maximum atomic E-state index is 8.82. The minimum Gasteiger partial charge on any atom is -1.00 e. The molecule has 0 amide bonds. The second kappa shape index (κ2) is 6.94. The number of rotatable bonds is 0. The van der Waals surface area contributed by atoms with Gasteiger partial charge in [0.1, 0.15) is 0 Å². The first kappa shape index (κ1) is 18.3. The van der Waals surface area contributed by atoms with Crippen LogP contribution in [-0.2, 0) is 18.1 Å². The van der Waals surface area contributed by atoms with E-state index in [0.717, 1.165) is 0 Å². The molecule has 0 saturated heterocycles. The average Bonchev–Trinajstić information content (AvgIpc) is 1.12. The number of hydrogen-bond donors (Lipinski definition) is 4. The van der Waals surface area contributed by atoms with Crippen molar-refractivity contribution in [2.24, 2.45) is 0 Å². The van der Waals surface area contributed by atoms with Gasteiger partial charge in [0, 0.05) is 0 Å². The van der Waals surface area contributed by atoms with Gasteiger partial charge >= 0.3 is 88.7 Å². The van der Waals surface area contributed by atoms with Gasteiger partial charge in [0.25, 0.3) is 0 Å². The van der Waals surface area contributed by atoms with Crippen LogP contribution in [0.1, 0.15) is 2.85 Å². The van der Waals surface area contributed by atoms with Crippen LogP contribution in [0, 0.1) is 0 Å². The van der Waals surface area contributed by atoms with Crippen LogP contribution in [0.5, 0.6) is 0 Å². The molecule has 0 heterocycles. The Bertz CT molecular complexity index is 219. The molecular weight excluding hydrogens is 376 g/mol. The summed E-state index contributed by atoms with van der Waals surface area (Å²) in [6.45, 7) is 0. The zero-order chi connectivity index (χ0) is 9.00.